The van der Waals surface area contributed by atoms with Gasteiger partial charge in [0.15, 0.2) is 6.10 Å². The fraction of sp³-hybridized carbons (Fsp3) is 0.217. The molecule has 2 aromatic carbocycles. The highest BCUT2D eigenvalue weighted by atomic mass is 16.5. The topological polar surface area (TPSA) is 105 Å². The van der Waals surface area contributed by atoms with Gasteiger partial charge < -0.3 is 15.4 Å². The molecule has 2 N–H and O–H groups in total. The van der Waals surface area contributed by atoms with Crippen LogP contribution in [0.15, 0.2) is 60.7 Å². The maximum absolute atomic E-state index is 12.8. The molecule has 1 aliphatic rings. The van der Waals surface area contributed by atoms with E-state index in [-0.39, 0.29) is 12.5 Å². The van der Waals surface area contributed by atoms with E-state index in [1.807, 2.05) is 30.3 Å². The Morgan fingerprint density at radius 2 is 1.74 bits per heavy atom. The smallest absolute Gasteiger partial charge is 0.329 e. The number of rotatable bonds is 6. The SMILES string of the molecule is C[C@H](NC(=O)/C=C/c1ccccc1)C(=O)O[C@@H](C)C(=O)N1CC(=O)Nc2ccccc21. The third kappa shape index (κ3) is 5.57. The number of carbonyl (C=O) groups is 4. The molecule has 3 amide bonds. The van der Waals surface area contributed by atoms with E-state index >= 15 is 0 Å². The van der Waals surface area contributed by atoms with E-state index in [4.69, 9.17) is 4.74 Å². The minimum atomic E-state index is -1.13. The summed E-state index contributed by atoms with van der Waals surface area (Å²) in [5.41, 5.74) is 1.89. The number of fused-ring (bicyclic) bond motifs is 1. The van der Waals surface area contributed by atoms with Crippen molar-refractivity contribution in [3.05, 3.63) is 66.2 Å². The lowest BCUT2D eigenvalue weighted by Crippen LogP contribution is -2.48. The number of esters is 1. The molecule has 0 saturated carbocycles. The van der Waals surface area contributed by atoms with E-state index in [2.05, 4.69) is 10.6 Å². The molecule has 0 bridgehead atoms. The lowest BCUT2D eigenvalue weighted by Gasteiger charge is -2.31. The number of anilines is 2. The van der Waals surface area contributed by atoms with E-state index < -0.39 is 29.9 Å². The highest BCUT2D eigenvalue weighted by molar-refractivity contribution is 6.11. The van der Waals surface area contributed by atoms with Crippen LogP contribution in [-0.2, 0) is 23.9 Å². The van der Waals surface area contributed by atoms with E-state index in [0.29, 0.717) is 11.4 Å². The number of nitrogens with zero attached hydrogens (tertiary/aromatic N) is 1. The summed E-state index contributed by atoms with van der Waals surface area (Å²) in [5, 5.41) is 5.20. The summed E-state index contributed by atoms with van der Waals surface area (Å²) in [6.07, 6.45) is 1.81. The Hall–Kier alpha value is -3.94. The molecule has 0 spiro atoms. The molecule has 0 unspecified atom stereocenters. The summed E-state index contributed by atoms with van der Waals surface area (Å²) in [5.74, 6) is -2.08. The summed E-state index contributed by atoms with van der Waals surface area (Å²) >= 11 is 0. The van der Waals surface area contributed by atoms with Gasteiger partial charge in [0.05, 0.1) is 11.4 Å². The van der Waals surface area contributed by atoms with Crippen molar-refractivity contribution in [2.45, 2.75) is 26.0 Å². The van der Waals surface area contributed by atoms with Gasteiger partial charge in [0.1, 0.15) is 12.6 Å². The van der Waals surface area contributed by atoms with Crippen molar-refractivity contribution in [3.63, 3.8) is 0 Å². The van der Waals surface area contributed by atoms with Crippen LogP contribution in [-0.4, -0.2) is 42.4 Å². The van der Waals surface area contributed by atoms with Crippen molar-refractivity contribution in [3.8, 4) is 0 Å². The Labute approximate surface area is 179 Å². The molecule has 1 aliphatic heterocycles. The third-order valence-corrected chi connectivity index (χ3v) is 4.62. The van der Waals surface area contributed by atoms with Crippen LogP contribution < -0.4 is 15.5 Å². The van der Waals surface area contributed by atoms with Crippen LogP contribution in [0.1, 0.15) is 19.4 Å². The maximum Gasteiger partial charge on any atom is 0.329 e. The predicted octanol–water partition coefficient (Wildman–Crippen LogP) is 2.12. The van der Waals surface area contributed by atoms with Crippen molar-refractivity contribution in [1.82, 2.24) is 5.32 Å². The number of amides is 3. The molecule has 0 saturated heterocycles. The Balaban J connectivity index is 1.57. The summed E-state index contributed by atoms with van der Waals surface area (Å²) in [7, 11) is 0. The minimum Gasteiger partial charge on any atom is -0.451 e. The quantitative estimate of drug-likeness (QED) is 0.549. The van der Waals surface area contributed by atoms with Crippen molar-refractivity contribution in [2.75, 3.05) is 16.8 Å². The van der Waals surface area contributed by atoms with E-state index in [1.165, 1.54) is 24.8 Å². The summed E-state index contributed by atoms with van der Waals surface area (Å²) < 4.78 is 5.24. The van der Waals surface area contributed by atoms with Crippen molar-refractivity contribution in [1.29, 1.82) is 0 Å². The molecule has 8 heteroatoms. The Morgan fingerprint density at radius 1 is 1.06 bits per heavy atom. The largest absolute Gasteiger partial charge is 0.451 e. The molecule has 1 heterocycles. The second kappa shape index (κ2) is 9.71. The average Bonchev–Trinajstić information content (AvgIpc) is 2.77. The molecule has 0 aliphatic carbocycles. The number of nitrogens with one attached hydrogen (secondary N) is 2. The number of hydrogen-bond acceptors (Lipinski definition) is 5. The number of benzene rings is 2. The zero-order chi connectivity index (χ0) is 22.4. The van der Waals surface area contributed by atoms with E-state index in [0.717, 1.165) is 5.56 Å². The Morgan fingerprint density at radius 3 is 2.48 bits per heavy atom. The first-order valence-corrected chi connectivity index (χ1v) is 9.79. The standard InChI is InChI=1S/C23H23N3O5/c1-15(24-20(27)13-12-17-8-4-3-5-9-17)23(30)31-16(2)22(29)26-14-21(28)25-18-10-6-7-11-19(18)26/h3-13,15-16H,14H2,1-2H3,(H,24,27)(H,25,28)/b13-12+/t15-,16-/m0/s1. The number of ether oxygens (including phenoxy) is 1. The van der Waals surface area contributed by atoms with Crippen LogP contribution >= 0.6 is 0 Å². The Bertz CT molecular complexity index is 1020. The van der Waals surface area contributed by atoms with Gasteiger partial charge in [-0.1, -0.05) is 42.5 Å². The monoisotopic (exact) mass is 421 g/mol. The highest BCUT2D eigenvalue weighted by Gasteiger charge is 2.32. The normalized spacial score (nSPS) is 14.9. The highest BCUT2D eigenvalue weighted by Crippen LogP contribution is 2.29. The lowest BCUT2D eigenvalue weighted by molar-refractivity contribution is -0.156. The molecule has 3 rings (SSSR count). The van der Waals surface area contributed by atoms with Crippen molar-refractivity contribution < 1.29 is 23.9 Å². The van der Waals surface area contributed by atoms with Gasteiger partial charge in [-0.15, -0.1) is 0 Å². The molecule has 2 atom stereocenters. The van der Waals surface area contributed by atoms with Crippen LogP contribution in [0.5, 0.6) is 0 Å². The van der Waals surface area contributed by atoms with Gasteiger partial charge in [-0.3, -0.25) is 19.3 Å². The van der Waals surface area contributed by atoms with Gasteiger partial charge >= 0.3 is 5.97 Å². The molecule has 0 radical (unpaired) electrons. The van der Waals surface area contributed by atoms with Gasteiger partial charge in [0.2, 0.25) is 11.8 Å². The number of para-hydroxylation sites is 2. The van der Waals surface area contributed by atoms with E-state index in [9.17, 15) is 19.2 Å². The van der Waals surface area contributed by atoms with E-state index in [1.54, 1.807) is 30.3 Å². The second-order valence-electron chi connectivity index (χ2n) is 7.04. The summed E-state index contributed by atoms with van der Waals surface area (Å²) in [6.45, 7) is 2.73. The zero-order valence-corrected chi connectivity index (χ0v) is 17.2. The molecular weight excluding hydrogens is 398 g/mol. The first kappa shape index (κ1) is 21.8. The second-order valence-corrected chi connectivity index (χ2v) is 7.04. The molecular formula is C23H23N3O5. The van der Waals surface area contributed by atoms with Crippen LogP contribution in [0.2, 0.25) is 0 Å². The molecule has 160 valence electrons. The first-order valence-electron chi connectivity index (χ1n) is 9.79. The average molecular weight is 421 g/mol. The third-order valence-electron chi connectivity index (χ3n) is 4.62. The zero-order valence-electron chi connectivity index (χ0n) is 17.2. The van der Waals surface area contributed by atoms with Crippen LogP contribution in [0.3, 0.4) is 0 Å². The van der Waals surface area contributed by atoms with Crippen LogP contribution in [0, 0.1) is 0 Å². The fourth-order valence-electron chi connectivity index (χ4n) is 3.03. The summed E-state index contributed by atoms with van der Waals surface area (Å²) in [6, 6.07) is 15.2. The molecule has 31 heavy (non-hydrogen) atoms. The predicted molar refractivity (Wildman–Crippen MR) is 116 cm³/mol. The van der Waals surface area contributed by atoms with Crippen LogP contribution in [0.25, 0.3) is 6.08 Å². The number of hydrogen-bond donors (Lipinski definition) is 2. The number of carbonyl (C=O) groups excluding carboxylic acids is 4. The molecule has 2 aromatic rings. The Kier molecular flexibility index (Phi) is 6.81. The summed E-state index contributed by atoms with van der Waals surface area (Å²) in [4.78, 5) is 50.4. The first-order chi connectivity index (χ1) is 14.8. The molecule has 0 aromatic heterocycles. The van der Waals surface area contributed by atoms with Crippen LogP contribution in [0.4, 0.5) is 11.4 Å². The van der Waals surface area contributed by atoms with Gasteiger partial charge in [-0.05, 0) is 37.6 Å². The maximum atomic E-state index is 12.8. The van der Waals surface area contributed by atoms with Crippen molar-refractivity contribution in [2.24, 2.45) is 0 Å². The van der Waals surface area contributed by atoms with Gasteiger partial charge in [-0.2, -0.15) is 0 Å². The van der Waals surface area contributed by atoms with Gasteiger partial charge in [0, 0.05) is 6.08 Å². The van der Waals surface area contributed by atoms with Gasteiger partial charge in [0.25, 0.3) is 5.91 Å². The molecule has 8 nitrogen and oxygen atoms in total. The fourth-order valence-corrected chi connectivity index (χ4v) is 3.03. The van der Waals surface area contributed by atoms with Gasteiger partial charge in [-0.25, -0.2) is 4.79 Å². The minimum absolute atomic E-state index is 0.172. The molecule has 0 fully saturated rings. The lowest BCUT2D eigenvalue weighted by atomic mass is 10.1. The van der Waals surface area contributed by atoms with Crippen molar-refractivity contribution >= 4 is 41.1 Å².